The fraction of sp³-hybridized carbons (Fsp3) is 0.667. The summed E-state index contributed by atoms with van der Waals surface area (Å²) in [7, 11) is -3.74. The Hall–Kier alpha value is -1.41. The molecule has 1 atom stereocenters. The molecule has 1 saturated heterocycles. The molecule has 112 valence electrons. The highest BCUT2D eigenvalue weighted by atomic mass is 32.2. The summed E-state index contributed by atoms with van der Waals surface area (Å²) < 4.78 is 31.3. The zero-order valence-electron chi connectivity index (χ0n) is 11.6. The van der Waals surface area contributed by atoms with Crippen molar-refractivity contribution in [1.82, 2.24) is 14.3 Å². The van der Waals surface area contributed by atoms with Crippen LogP contribution in [0.4, 0.5) is 0 Å². The number of aromatic nitrogens is 2. The second-order valence-electron chi connectivity index (χ2n) is 4.71. The van der Waals surface area contributed by atoms with Crippen molar-refractivity contribution in [2.75, 3.05) is 13.2 Å². The molecule has 2 heterocycles. The van der Waals surface area contributed by atoms with E-state index in [9.17, 15) is 13.2 Å². The van der Waals surface area contributed by atoms with Crippen molar-refractivity contribution >= 4 is 16.0 Å². The zero-order valence-corrected chi connectivity index (χ0v) is 12.4. The van der Waals surface area contributed by atoms with E-state index in [4.69, 9.17) is 4.74 Å². The predicted molar refractivity (Wildman–Crippen MR) is 71.5 cm³/mol. The predicted octanol–water partition coefficient (Wildman–Crippen LogP) is 0.824. The standard InChI is InChI=1S/C12H19N3O4S/c1-3-19-12(16)10-6-4-5-7-15(10)20(17,18)11-8-13-9(2)14-11/h8,10H,3-7H2,1-2H3,(H,13,14). The number of hydrogen-bond acceptors (Lipinski definition) is 5. The molecule has 1 aliphatic heterocycles. The molecule has 1 N–H and O–H groups in total. The highest BCUT2D eigenvalue weighted by molar-refractivity contribution is 7.89. The minimum atomic E-state index is -3.74. The number of hydrogen-bond donors (Lipinski definition) is 1. The molecule has 0 radical (unpaired) electrons. The van der Waals surface area contributed by atoms with Gasteiger partial charge in [-0.05, 0) is 33.1 Å². The Morgan fingerprint density at radius 3 is 2.90 bits per heavy atom. The average molecular weight is 301 g/mol. The lowest BCUT2D eigenvalue weighted by Crippen LogP contribution is -2.48. The number of nitrogens with zero attached hydrogens (tertiary/aromatic N) is 2. The SMILES string of the molecule is CCOC(=O)C1CCCCN1S(=O)(=O)c1cnc(C)[nH]1. The summed E-state index contributed by atoms with van der Waals surface area (Å²) in [5.74, 6) is 0.0419. The Labute approximate surface area is 118 Å². The Bertz CT molecular complexity index is 581. The van der Waals surface area contributed by atoms with E-state index in [0.29, 0.717) is 18.8 Å². The molecule has 0 saturated carbocycles. The van der Waals surface area contributed by atoms with Crippen LogP contribution in [0.25, 0.3) is 0 Å². The molecule has 1 aliphatic rings. The van der Waals surface area contributed by atoms with E-state index >= 15 is 0 Å². The first-order valence-electron chi connectivity index (χ1n) is 6.67. The Morgan fingerprint density at radius 1 is 1.55 bits per heavy atom. The smallest absolute Gasteiger partial charge is 0.324 e. The molecular weight excluding hydrogens is 282 g/mol. The fourth-order valence-electron chi connectivity index (χ4n) is 2.32. The number of aromatic amines is 1. The lowest BCUT2D eigenvalue weighted by Gasteiger charge is -2.32. The minimum absolute atomic E-state index is 0.0196. The highest BCUT2D eigenvalue weighted by Crippen LogP contribution is 2.25. The molecule has 1 fully saturated rings. The molecule has 0 aromatic carbocycles. The van der Waals surface area contributed by atoms with E-state index in [0.717, 1.165) is 12.8 Å². The second kappa shape index (κ2) is 5.92. The molecule has 1 unspecified atom stereocenters. The number of rotatable bonds is 4. The molecule has 2 rings (SSSR count). The maximum absolute atomic E-state index is 12.6. The van der Waals surface area contributed by atoms with Gasteiger partial charge in [0.15, 0.2) is 5.03 Å². The van der Waals surface area contributed by atoms with E-state index in [2.05, 4.69) is 9.97 Å². The van der Waals surface area contributed by atoms with Gasteiger partial charge in [-0.1, -0.05) is 0 Å². The normalized spacial score (nSPS) is 20.8. The quantitative estimate of drug-likeness (QED) is 0.831. The summed E-state index contributed by atoms with van der Waals surface area (Å²) in [6.07, 6.45) is 3.33. The van der Waals surface area contributed by atoms with Crippen LogP contribution in [0.3, 0.4) is 0 Å². The molecule has 0 amide bonds. The van der Waals surface area contributed by atoms with Crippen LogP contribution in [0, 0.1) is 6.92 Å². The van der Waals surface area contributed by atoms with Gasteiger partial charge in [-0.2, -0.15) is 4.31 Å². The first-order chi connectivity index (χ1) is 9.46. The van der Waals surface area contributed by atoms with Gasteiger partial charge in [0, 0.05) is 6.54 Å². The van der Waals surface area contributed by atoms with Crippen LogP contribution in [0.5, 0.6) is 0 Å². The van der Waals surface area contributed by atoms with Gasteiger partial charge in [-0.3, -0.25) is 4.79 Å². The fourth-order valence-corrected chi connectivity index (χ4v) is 3.93. The van der Waals surface area contributed by atoms with Gasteiger partial charge in [0.25, 0.3) is 10.0 Å². The van der Waals surface area contributed by atoms with Gasteiger partial charge in [-0.25, -0.2) is 13.4 Å². The number of sulfonamides is 1. The average Bonchev–Trinajstić information content (AvgIpc) is 2.86. The Kier molecular flexibility index (Phi) is 4.44. The van der Waals surface area contributed by atoms with Gasteiger partial charge in [0.05, 0.1) is 12.8 Å². The third kappa shape index (κ3) is 2.85. The van der Waals surface area contributed by atoms with E-state index in [-0.39, 0.29) is 11.6 Å². The zero-order chi connectivity index (χ0) is 14.8. The molecule has 7 nitrogen and oxygen atoms in total. The van der Waals surface area contributed by atoms with Gasteiger partial charge in [0.2, 0.25) is 0 Å². The van der Waals surface area contributed by atoms with Crippen molar-refractivity contribution in [3.05, 3.63) is 12.0 Å². The Balaban J connectivity index is 2.29. The van der Waals surface area contributed by atoms with Gasteiger partial charge in [0.1, 0.15) is 11.9 Å². The highest BCUT2D eigenvalue weighted by Gasteiger charge is 2.39. The first kappa shape index (κ1) is 15.0. The summed E-state index contributed by atoms with van der Waals surface area (Å²) >= 11 is 0. The van der Waals surface area contributed by atoms with Gasteiger partial charge in [-0.15, -0.1) is 0 Å². The van der Waals surface area contributed by atoms with Crippen LogP contribution in [0.2, 0.25) is 0 Å². The summed E-state index contributed by atoms with van der Waals surface area (Å²) in [6, 6.07) is -0.739. The van der Waals surface area contributed by atoms with Crippen molar-refractivity contribution < 1.29 is 17.9 Å². The third-order valence-corrected chi connectivity index (χ3v) is 5.10. The van der Waals surface area contributed by atoms with Crippen molar-refractivity contribution in [2.24, 2.45) is 0 Å². The summed E-state index contributed by atoms with van der Waals surface area (Å²) in [6.45, 7) is 3.95. The van der Waals surface area contributed by atoms with E-state index < -0.39 is 22.0 Å². The van der Waals surface area contributed by atoms with Gasteiger partial charge < -0.3 is 9.72 Å². The van der Waals surface area contributed by atoms with Crippen molar-refractivity contribution in [1.29, 1.82) is 0 Å². The molecule has 1 aromatic rings. The minimum Gasteiger partial charge on any atom is -0.465 e. The summed E-state index contributed by atoms with van der Waals surface area (Å²) in [5, 5.41) is 0.0196. The number of carbonyl (C=O) groups excluding carboxylic acids is 1. The second-order valence-corrected chi connectivity index (χ2v) is 6.57. The first-order valence-corrected chi connectivity index (χ1v) is 8.11. The topological polar surface area (TPSA) is 92.4 Å². The number of ether oxygens (including phenoxy) is 1. The van der Waals surface area contributed by atoms with Crippen LogP contribution in [0.1, 0.15) is 32.0 Å². The molecule has 8 heteroatoms. The van der Waals surface area contributed by atoms with E-state index in [1.54, 1.807) is 13.8 Å². The van der Waals surface area contributed by atoms with Crippen molar-refractivity contribution in [3.8, 4) is 0 Å². The van der Waals surface area contributed by atoms with E-state index in [1.165, 1.54) is 10.5 Å². The molecular formula is C12H19N3O4S. The van der Waals surface area contributed by atoms with Crippen LogP contribution in [-0.4, -0.2) is 47.9 Å². The number of nitrogens with one attached hydrogen (secondary N) is 1. The number of aryl methyl sites for hydroxylation is 1. The van der Waals surface area contributed by atoms with Crippen LogP contribution >= 0.6 is 0 Å². The van der Waals surface area contributed by atoms with Crippen LogP contribution < -0.4 is 0 Å². The molecule has 0 spiro atoms. The lowest BCUT2D eigenvalue weighted by molar-refractivity contribution is -0.148. The van der Waals surface area contributed by atoms with E-state index in [1.807, 2.05) is 0 Å². The number of H-pyrrole nitrogens is 1. The number of piperidine rings is 1. The van der Waals surface area contributed by atoms with Crippen molar-refractivity contribution in [3.63, 3.8) is 0 Å². The maximum atomic E-state index is 12.6. The lowest BCUT2D eigenvalue weighted by atomic mass is 10.1. The summed E-state index contributed by atoms with van der Waals surface area (Å²) in [4.78, 5) is 18.6. The molecule has 0 aliphatic carbocycles. The number of imidazole rings is 1. The summed E-state index contributed by atoms with van der Waals surface area (Å²) in [5.41, 5.74) is 0. The van der Waals surface area contributed by atoms with Crippen LogP contribution in [-0.2, 0) is 19.6 Å². The maximum Gasteiger partial charge on any atom is 0.324 e. The monoisotopic (exact) mass is 301 g/mol. The number of carbonyl (C=O) groups is 1. The van der Waals surface area contributed by atoms with Crippen LogP contribution in [0.15, 0.2) is 11.2 Å². The van der Waals surface area contributed by atoms with Gasteiger partial charge >= 0.3 is 5.97 Å². The molecule has 20 heavy (non-hydrogen) atoms. The number of esters is 1. The van der Waals surface area contributed by atoms with Crippen molar-refractivity contribution in [2.45, 2.75) is 44.2 Å². The molecule has 0 bridgehead atoms. The largest absolute Gasteiger partial charge is 0.465 e. The molecule has 1 aromatic heterocycles. The third-order valence-electron chi connectivity index (χ3n) is 3.28. The Morgan fingerprint density at radius 2 is 2.30 bits per heavy atom.